The lowest BCUT2D eigenvalue weighted by Crippen LogP contribution is -2.12. The van der Waals surface area contributed by atoms with Gasteiger partial charge in [-0.2, -0.15) is 0 Å². The highest BCUT2D eigenvalue weighted by Gasteiger charge is 2.20. The molecule has 1 heteroatoms. The third-order valence-corrected chi connectivity index (χ3v) is 5.45. The topological polar surface area (TPSA) is 0 Å². The van der Waals surface area contributed by atoms with Crippen LogP contribution in [0.25, 0.3) is 0 Å². The standard InChI is InChI=1S/C16H31Br/c1-2-3-4-5-6-7-9-12-15-13-10-8-11-14-16(15)17/h15-16H,2-14H2,1H3. The van der Waals surface area contributed by atoms with Gasteiger partial charge in [0.25, 0.3) is 0 Å². The van der Waals surface area contributed by atoms with Crippen molar-refractivity contribution in [3.63, 3.8) is 0 Å². The smallest absolute Gasteiger partial charge is 0.0174 e. The first-order chi connectivity index (χ1) is 8.34. The van der Waals surface area contributed by atoms with Crippen molar-refractivity contribution in [3.05, 3.63) is 0 Å². The van der Waals surface area contributed by atoms with Crippen LogP contribution in [0.4, 0.5) is 0 Å². The second kappa shape index (κ2) is 10.4. The lowest BCUT2D eigenvalue weighted by molar-refractivity contribution is 0.418. The first-order valence-corrected chi connectivity index (χ1v) is 8.90. The van der Waals surface area contributed by atoms with Crippen LogP contribution in [0.2, 0.25) is 0 Å². The van der Waals surface area contributed by atoms with E-state index in [2.05, 4.69) is 22.9 Å². The van der Waals surface area contributed by atoms with Gasteiger partial charge in [-0.3, -0.25) is 0 Å². The molecule has 102 valence electrons. The summed E-state index contributed by atoms with van der Waals surface area (Å²) in [5.41, 5.74) is 0. The second-order valence-electron chi connectivity index (χ2n) is 5.82. The summed E-state index contributed by atoms with van der Waals surface area (Å²) < 4.78 is 0. The van der Waals surface area contributed by atoms with Gasteiger partial charge in [0.05, 0.1) is 0 Å². The maximum atomic E-state index is 3.91. The monoisotopic (exact) mass is 302 g/mol. The third-order valence-electron chi connectivity index (χ3n) is 4.24. The van der Waals surface area contributed by atoms with Crippen LogP contribution in [-0.2, 0) is 0 Å². The molecule has 2 atom stereocenters. The first kappa shape index (κ1) is 15.5. The summed E-state index contributed by atoms with van der Waals surface area (Å²) in [4.78, 5) is 0.824. The fourth-order valence-corrected chi connectivity index (χ4v) is 3.88. The number of halogens is 1. The zero-order chi connectivity index (χ0) is 12.3. The average Bonchev–Trinajstić information content (AvgIpc) is 2.53. The average molecular weight is 303 g/mol. The molecule has 0 spiro atoms. The minimum absolute atomic E-state index is 0.824. The molecule has 17 heavy (non-hydrogen) atoms. The van der Waals surface area contributed by atoms with E-state index in [1.165, 1.54) is 83.5 Å². The van der Waals surface area contributed by atoms with Crippen molar-refractivity contribution in [2.24, 2.45) is 5.92 Å². The summed E-state index contributed by atoms with van der Waals surface area (Å²) >= 11 is 3.91. The van der Waals surface area contributed by atoms with Crippen molar-refractivity contribution in [1.82, 2.24) is 0 Å². The number of hydrogen-bond acceptors (Lipinski definition) is 0. The summed E-state index contributed by atoms with van der Waals surface area (Å²) in [6.45, 7) is 2.29. The van der Waals surface area contributed by atoms with Gasteiger partial charge in [-0.25, -0.2) is 0 Å². The van der Waals surface area contributed by atoms with Gasteiger partial charge in [0.15, 0.2) is 0 Å². The van der Waals surface area contributed by atoms with Gasteiger partial charge in [0.1, 0.15) is 0 Å². The van der Waals surface area contributed by atoms with Crippen molar-refractivity contribution in [3.8, 4) is 0 Å². The van der Waals surface area contributed by atoms with Crippen molar-refractivity contribution in [1.29, 1.82) is 0 Å². The maximum absolute atomic E-state index is 3.91. The van der Waals surface area contributed by atoms with Crippen LogP contribution >= 0.6 is 15.9 Å². The minimum Gasteiger partial charge on any atom is -0.0888 e. The molecule has 1 aliphatic carbocycles. The fraction of sp³-hybridized carbons (Fsp3) is 1.00. The fourth-order valence-electron chi connectivity index (χ4n) is 3.03. The zero-order valence-electron chi connectivity index (χ0n) is 11.7. The highest BCUT2D eigenvalue weighted by atomic mass is 79.9. The maximum Gasteiger partial charge on any atom is 0.0174 e. The van der Waals surface area contributed by atoms with Gasteiger partial charge in [-0.1, -0.05) is 87.1 Å². The molecule has 0 aliphatic heterocycles. The first-order valence-electron chi connectivity index (χ1n) is 7.98. The van der Waals surface area contributed by atoms with Gasteiger partial charge >= 0.3 is 0 Å². The van der Waals surface area contributed by atoms with Crippen LogP contribution in [0.3, 0.4) is 0 Å². The molecule has 0 saturated heterocycles. The summed E-state index contributed by atoms with van der Waals surface area (Å²) in [5, 5.41) is 0. The Kier molecular flexibility index (Phi) is 9.51. The van der Waals surface area contributed by atoms with Gasteiger partial charge in [-0.05, 0) is 25.2 Å². The third kappa shape index (κ3) is 7.49. The molecule has 0 amide bonds. The SMILES string of the molecule is CCCCCCCCCC1CCCCCC1Br. The molecule has 0 radical (unpaired) electrons. The highest BCUT2D eigenvalue weighted by Crippen LogP contribution is 2.32. The molecule has 0 heterocycles. The molecule has 0 aromatic carbocycles. The number of unbranched alkanes of at least 4 members (excludes halogenated alkanes) is 6. The largest absolute Gasteiger partial charge is 0.0888 e. The van der Waals surface area contributed by atoms with Crippen LogP contribution in [0, 0.1) is 5.92 Å². The molecule has 0 aromatic rings. The highest BCUT2D eigenvalue weighted by molar-refractivity contribution is 9.09. The molecule has 0 N–H and O–H groups in total. The molecule has 1 fully saturated rings. The van der Waals surface area contributed by atoms with Crippen LogP contribution in [0.1, 0.15) is 90.4 Å². The van der Waals surface area contributed by atoms with E-state index < -0.39 is 0 Å². The number of hydrogen-bond donors (Lipinski definition) is 0. The van der Waals surface area contributed by atoms with Gasteiger partial charge < -0.3 is 0 Å². The van der Waals surface area contributed by atoms with E-state index in [4.69, 9.17) is 0 Å². The molecule has 1 aliphatic rings. The van der Waals surface area contributed by atoms with E-state index >= 15 is 0 Å². The van der Waals surface area contributed by atoms with Gasteiger partial charge in [-0.15, -0.1) is 0 Å². The Hall–Kier alpha value is 0.480. The van der Waals surface area contributed by atoms with E-state index in [1.54, 1.807) is 0 Å². The van der Waals surface area contributed by atoms with Gasteiger partial charge in [0, 0.05) is 4.83 Å². The Bertz CT molecular complexity index is 167. The van der Waals surface area contributed by atoms with Crippen LogP contribution in [0.5, 0.6) is 0 Å². The molecule has 1 saturated carbocycles. The summed E-state index contributed by atoms with van der Waals surface area (Å²) in [7, 11) is 0. The normalized spacial score (nSPS) is 25.8. The van der Waals surface area contributed by atoms with E-state index in [1.807, 2.05) is 0 Å². The number of rotatable bonds is 8. The van der Waals surface area contributed by atoms with Crippen molar-refractivity contribution < 1.29 is 0 Å². The summed E-state index contributed by atoms with van der Waals surface area (Å²) in [6.07, 6.45) is 18.9. The van der Waals surface area contributed by atoms with Crippen LogP contribution < -0.4 is 0 Å². The van der Waals surface area contributed by atoms with E-state index in [0.717, 1.165) is 10.7 Å². The quantitative estimate of drug-likeness (QED) is 0.274. The molecule has 2 unspecified atom stereocenters. The Balaban J connectivity index is 1.97. The summed E-state index contributed by atoms with van der Waals surface area (Å²) in [6, 6.07) is 0. The van der Waals surface area contributed by atoms with E-state index in [9.17, 15) is 0 Å². The predicted molar refractivity (Wildman–Crippen MR) is 81.9 cm³/mol. The van der Waals surface area contributed by atoms with Gasteiger partial charge in [0.2, 0.25) is 0 Å². The lowest BCUT2D eigenvalue weighted by atomic mass is 9.93. The lowest BCUT2D eigenvalue weighted by Gasteiger charge is -2.19. The van der Waals surface area contributed by atoms with E-state index in [-0.39, 0.29) is 0 Å². The van der Waals surface area contributed by atoms with Crippen molar-refractivity contribution >= 4 is 15.9 Å². The van der Waals surface area contributed by atoms with E-state index in [0.29, 0.717) is 0 Å². The molecule has 0 aromatic heterocycles. The van der Waals surface area contributed by atoms with Crippen LogP contribution in [-0.4, -0.2) is 4.83 Å². The molecular formula is C16H31Br. The van der Waals surface area contributed by atoms with Crippen LogP contribution in [0.15, 0.2) is 0 Å². The summed E-state index contributed by atoms with van der Waals surface area (Å²) in [5.74, 6) is 0.980. The minimum atomic E-state index is 0.824. The predicted octanol–water partition coefficient (Wildman–Crippen LogP) is 6.47. The Morgan fingerprint density at radius 1 is 0.824 bits per heavy atom. The number of alkyl halides is 1. The molecular weight excluding hydrogens is 272 g/mol. The molecule has 1 rings (SSSR count). The van der Waals surface area contributed by atoms with Crippen molar-refractivity contribution in [2.75, 3.05) is 0 Å². The molecule has 0 nitrogen and oxygen atoms in total. The Morgan fingerprint density at radius 2 is 1.47 bits per heavy atom. The van der Waals surface area contributed by atoms with Crippen molar-refractivity contribution in [2.45, 2.75) is 95.2 Å². The Morgan fingerprint density at radius 3 is 2.24 bits per heavy atom. The Labute approximate surface area is 117 Å². The molecule has 0 bridgehead atoms. The second-order valence-corrected chi connectivity index (χ2v) is 7.00. The zero-order valence-corrected chi connectivity index (χ0v) is 13.3.